The second-order valence-corrected chi connectivity index (χ2v) is 5.36. The quantitative estimate of drug-likeness (QED) is 0.891. The van der Waals surface area contributed by atoms with Crippen molar-refractivity contribution in [1.29, 1.82) is 0 Å². The molecule has 4 heteroatoms. The van der Waals surface area contributed by atoms with Crippen molar-refractivity contribution in [3.05, 3.63) is 63.7 Å². The van der Waals surface area contributed by atoms with Crippen molar-refractivity contribution in [3.8, 4) is 0 Å². The van der Waals surface area contributed by atoms with Gasteiger partial charge in [-0.2, -0.15) is 0 Å². The molecule has 102 valence electrons. The van der Waals surface area contributed by atoms with Gasteiger partial charge in [0.25, 0.3) is 0 Å². The predicted molar refractivity (Wildman–Crippen MR) is 79.0 cm³/mol. The van der Waals surface area contributed by atoms with Gasteiger partial charge in [0.15, 0.2) is 0 Å². The monoisotopic (exact) mass is 287 g/mol. The molecule has 1 atom stereocenters. The van der Waals surface area contributed by atoms with Crippen molar-refractivity contribution in [3.63, 3.8) is 0 Å². The summed E-state index contributed by atoms with van der Waals surface area (Å²) < 4.78 is 0. The van der Waals surface area contributed by atoms with Gasteiger partial charge in [-0.15, -0.1) is 0 Å². The number of hydrogen-bond acceptors (Lipinski definition) is 2. The summed E-state index contributed by atoms with van der Waals surface area (Å²) in [5.41, 5.74) is 3.91. The number of benzene rings is 2. The molecule has 0 aromatic heterocycles. The number of anilines is 1. The van der Waals surface area contributed by atoms with E-state index in [1.807, 2.05) is 43.3 Å². The van der Waals surface area contributed by atoms with E-state index < -0.39 is 6.10 Å². The third-order valence-electron chi connectivity index (χ3n) is 3.63. The minimum atomic E-state index is -0.789. The van der Waals surface area contributed by atoms with Gasteiger partial charge in [-0.25, -0.2) is 0 Å². The molecular formula is C16H14ClNO2. The molecule has 0 aliphatic carbocycles. The van der Waals surface area contributed by atoms with Crippen LogP contribution in [0.5, 0.6) is 0 Å². The molecule has 1 amide bonds. The smallest absolute Gasteiger partial charge is 0.228 e. The van der Waals surface area contributed by atoms with E-state index in [0.29, 0.717) is 17.0 Å². The lowest BCUT2D eigenvalue weighted by Crippen LogP contribution is -2.05. The third-order valence-corrected chi connectivity index (χ3v) is 4.14. The second-order valence-electron chi connectivity index (χ2n) is 4.98. The molecule has 2 aromatic carbocycles. The van der Waals surface area contributed by atoms with Crippen LogP contribution in [0, 0.1) is 6.92 Å². The van der Waals surface area contributed by atoms with Gasteiger partial charge in [-0.3, -0.25) is 4.79 Å². The summed E-state index contributed by atoms with van der Waals surface area (Å²) in [6, 6.07) is 11.2. The molecule has 0 fully saturated rings. The van der Waals surface area contributed by atoms with Gasteiger partial charge in [-0.05, 0) is 29.7 Å². The molecule has 0 radical (unpaired) electrons. The largest absolute Gasteiger partial charge is 0.384 e. The van der Waals surface area contributed by atoms with Crippen LogP contribution in [-0.4, -0.2) is 11.0 Å². The van der Waals surface area contributed by atoms with Crippen molar-refractivity contribution < 1.29 is 9.90 Å². The number of fused-ring (bicyclic) bond motifs is 1. The molecule has 20 heavy (non-hydrogen) atoms. The summed E-state index contributed by atoms with van der Waals surface area (Å²) in [4.78, 5) is 11.5. The van der Waals surface area contributed by atoms with Crippen LogP contribution in [-0.2, 0) is 11.2 Å². The molecule has 2 aromatic rings. The lowest BCUT2D eigenvalue weighted by Gasteiger charge is -2.17. The first-order valence-electron chi connectivity index (χ1n) is 6.42. The number of aliphatic hydroxyl groups is 1. The first-order valence-corrected chi connectivity index (χ1v) is 6.80. The maximum atomic E-state index is 11.5. The number of halogens is 1. The molecule has 3 rings (SSSR count). The summed E-state index contributed by atoms with van der Waals surface area (Å²) in [7, 11) is 0. The fraction of sp³-hybridized carbons (Fsp3) is 0.188. The number of nitrogens with one attached hydrogen (secondary N) is 1. The predicted octanol–water partition coefficient (Wildman–Crippen LogP) is 3.22. The molecule has 1 unspecified atom stereocenters. The molecule has 3 nitrogen and oxygen atoms in total. The first kappa shape index (κ1) is 13.2. The summed E-state index contributed by atoms with van der Waals surface area (Å²) in [5, 5.41) is 13.8. The SMILES string of the molecule is Cc1c(Cl)c(C(O)c2ccccc2)cc2c1NC(=O)C2. The Balaban J connectivity index is 2.10. The maximum absolute atomic E-state index is 11.5. The number of hydrogen-bond donors (Lipinski definition) is 2. The van der Waals surface area contributed by atoms with Gasteiger partial charge in [0.1, 0.15) is 6.10 Å². The number of rotatable bonds is 2. The number of carbonyl (C=O) groups is 1. The standard InChI is InChI=1S/C16H14ClNO2/c1-9-14(17)12(7-11-8-13(19)18-15(9)11)16(20)10-5-3-2-4-6-10/h2-7,16,20H,8H2,1H3,(H,18,19). The lowest BCUT2D eigenvalue weighted by atomic mass is 9.96. The van der Waals surface area contributed by atoms with E-state index >= 15 is 0 Å². The second kappa shape index (κ2) is 4.93. The van der Waals surface area contributed by atoms with Crippen LogP contribution in [0.3, 0.4) is 0 Å². The molecule has 0 spiro atoms. The van der Waals surface area contributed by atoms with Gasteiger partial charge >= 0.3 is 0 Å². The summed E-state index contributed by atoms with van der Waals surface area (Å²) in [6.45, 7) is 1.86. The van der Waals surface area contributed by atoms with E-state index in [9.17, 15) is 9.90 Å². The van der Waals surface area contributed by atoms with Crippen molar-refractivity contribution >= 4 is 23.2 Å². The molecule has 1 heterocycles. The van der Waals surface area contributed by atoms with E-state index in [1.54, 1.807) is 0 Å². The topological polar surface area (TPSA) is 49.3 Å². The van der Waals surface area contributed by atoms with Gasteiger partial charge < -0.3 is 10.4 Å². The summed E-state index contributed by atoms with van der Waals surface area (Å²) >= 11 is 6.36. The number of carbonyl (C=O) groups excluding carboxylic acids is 1. The summed E-state index contributed by atoms with van der Waals surface area (Å²) in [6.07, 6.45) is -0.453. The zero-order valence-electron chi connectivity index (χ0n) is 11.0. The van der Waals surface area contributed by atoms with Crippen molar-refractivity contribution in [1.82, 2.24) is 0 Å². The molecule has 0 bridgehead atoms. The Morgan fingerprint density at radius 3 is 2.70 bits per heavy atom. The van der Waals surface area contributed by atoms with Crippen LogP contribution in [0.1, 0.15) is 28.4 Å². The highest BCUT2D eigenvalue weighted by Crippen LogP contribution is 2.38. The van der Waals surface area contributed by atoms with Crippen LogP contribution in [0.2, 0.25) is 5.02 Å². The van der Waals surface area contributed by atoms with E-state index in [-0.39, 0.29) is 5.91 Å². The van der Waals surface area contributed by atoms with Crippen LogP contribution in [0.4, 0.5) is 5.69 Å². The molecule has 1 aliphatic heterocycles. The Kier molecular flexibility index (Phi) is 3.24. The van der Waals surface area contributed by atoms with Gasteiger partial charge in [0.05, 0.1) is 11.4 Å². The van der Waals surface area contributed by atoms with Crippen molar-refractivity contribution in [2.75, 3.05) is 5.32 Å². The normalized spacial score (nSPS) is 14.8. The maximum Gasteiger partial charge on any atom is 0.228 e. The molecule has 0 saturated heterocycles. The van der Waals surface area contributed by atoms with Gasteiger partial charge in [0.2, 0.25) is 5.91 Å². The number of amides is 1. The Labute approximate surface area is 122 Å². The fourth-order valence-corrected chi connectivity index (χ4v) is 2.83. The van der Waals surface area contributed by atoms with Crippen LogP contribution >= 0.6 is 11.6 Å². The summed E-state index contributed by atoms with van der Waals surface area (Å²) in [5.74, 6) is -0.0366. The third kappa shape index (κ3) is 2.09. The van der Waals surface area contributed by atoms with Crippen molar-refractivity contribution in [2.24, 2.45) is 0 Å². The molecule has 2 N–H and O–H groups in total. The Morgan fingerprint density at radius 1 is 1.30 bits per heavy atom. The average Bonchev–Trinajstić information content (AvgIpc) is 2.84. The molecule has 0 saturated carbocycles. The minimum absolute atomic E-state index is 0.0366. The first-order chi connectivity index (χ1) is 9.58. The highest BCUT2D eigenvalue weighted by molar-refractivity contribution is 6.33. The molecule has 1 aliphatic rings. The number of aliphatic hydroxyl groups excluding tert-OH is 1. The zero-order valence-corrected chi connectivity index (χ0v) is 11.7. The zero-order chi connectivity index (χ0) is 14.3. The van der Waals surface area contributed by atoms with Gasteiger partial charge in [-0.1, -0.05) is 41.9 Å². The van der Waals surface area contributed by atoms with Crippen LogP contribution in [0.25, 0.3) is 0 Å². The minimum Gasteiger partial charge on any atom is -0.384 e. The Hall–Kier alpha value is -1.84. The highest BCUT2D eigenvalue weighted by atomic mass is 35.5. The van der Waals surface area contributed by atoms with E-state index in [1.165, 1.54) is 0 Å². The fourth-order valence-electron chi connectivity index (χ4n) is 2.57. The van der Waals surface area contributed by atoms with E-state index in [4.69, 9.17) is 11.6 Å². The highest BCUT2D eigenvalue weighted by Gasteiger charge is 2.25. The Morgan fingerprint density at radius 2 is 2.00 bits per heavy atom. The van der Waals surface area contributed by atoms with E-state index in [0.717, 1.165) is 22.4 Å². The lowest BCUT2D eigenvalue weighted by molar-refractivity contribution is -0.115. The Bertz CT molecular complexity index is 683. The van der Waals surface area contributed by atoms with Crippen LogP contribution < -0.4 is 5.32 Å². The van der Waals surface area contributed by atoms with Crippen LogP contribution in [0.15, 0.2) is 36.4 Å². The van der Waals surface area contributed by atoms with Crippen molar-refractivity contribution in [2.45, 2.75) is 19.4 Å². The van der Waals surface area contributed by atoms with E-state index in [2.05, 4.69) is 5.32 Å². The average molecular weight is 288 g/mol. The molecular weight excluding hydrogens is 274 g/mol. The van der Waals surface area contributed by atoms with Gasteiger partial charge in [0, 0.05) is 11.3 Å².